The van der Waals surface area contributed by atoms with Crippen LogP contribution in [0.2, 0.25) is 0 Å². The van der Waals surface area contributed by atoms with Crippen molar-refractivity contribution in [3.8, 4) is 0 Å². The van der Waals surface area contributed by atoms with Crippen LogP contribution in [0.15, 0.2) is 0 Å². The smallest absolute Gasteiger partial charge is 0.160 e. The van der Waals surface area contributed by atoms with E-state index < -0.39 is 0 Å². The summed E-state index contributed by atoms with van der Waals surface area (Å²) < 4.78 is 11.2. The van der Waals surface area contributed by atoms with Crippen LogP contribution in [0.4, 0.5) is 0 Å². The molecule has 1 aliphatic heterocycles. The molecular weight excluding hydrogens is 178 g/mol. The molecule has 14 heavy (non-hydrogen) atoms. The van der Waals surface area contributed by atoms with Gasteiger partial charge in [-0.1, -0.05) is 0 Å². The predicted octanol–water partition coefficient (Wildman–Crippen LogP) is 1.73. The maximum Gasteiger partial charge on any atom is 0.160 e. The van der Waals surface area contributed by atoms with Gasteiger partial charge >= 0.3 is 0 Å². The van der Waals surface area contributed by atoms with E-state index in [9.17, 15) is 0 Å². The summed E-state index contributed by atoms with van der Waals surface area (Å²) in [6.07, 6.45) is 2.42. The van der Waals surface area contributed by atoms with E-state index in [0.29, 0.717) is 5.92 Å². The average Bonchev–Trinajstić information content (AvgIpc) is 2.19. The van der Waals surface area contributed by atoms with Crippen LogP contribution in [0, 0.1) is 5.92 Å². The topological polar surface area (TPSA) is 21.7 Å². The molecule has 0 unspecified atom stereocenters. The molecule has 84 valence electrons. The van der Waals surface area contributed by atoms with Crippen LogP contribution in [0.5, 0.6) is 0 Å². The molecule has 0 atom stereocenters. The Kier molecular flexibility index (Phi) is 5.45. The van der Waals surface area contributed by atoms with Crippen molar-refractivity contribution in [1.29, 1.82) is 0 Å². The third kappa shape index (κ3) is 3.56. The lowest BCUT2D eigenvalue weighted by atomic mass is 9.96. The van der Waals surface area contributed by atoms with E-state index in [2.05, 4.69) is 11.9 Å². The Morgan fingerprint density at radius 3 is 2.07 bits per heavy atom. The molecule has 1 heterocycles. The molecule has 0 spiro atoms. The second-order valence-electron chi connectivity index (χ2n) is 3.92. The zero-order valence-electron chi connectivity index (χ0n) is 9.66. The molecule has 3 nitrogen and oxygen atoms in total. The lowest BCUT2D eigenvalue weighted by Crippen LogP contribution is -2.37. The fraction of sp³-hybridized carbons (Fsp3) is 1.00. The Labute approximate surface area is 87.4 Å². The van der Waals surface area contributed by atoms with Crippen LogP contribution in [0.3, 0.4) is 0 Å². The molecule has 1 rings (SSSR count). The molecule has 0 radical (unpaired) electrons. The zero-order valence-corrected chi connectivity index (χ0v) is 9.66. The molecule has 1 fully saturated rings. The van der Waals surface area contributed by atoms with Crippen LogP contribution in [0.25, 0.3) is 0 Å². The molecule has 0 amide bonds. The van der Waals surface area contributed by atoms with Gasteiger partial charge in [0.25, 0.3) is 0 Å². The van der Waals surface area contributed by atoms with Gasteiger partial charge in [-0.3, -0.25) is 0 Å². The molecular formula is C11H23NO2. The minimum absolute atomic E-state index is 0.0266. The van der Waals surface area contributed by atoms with Gasteiger partial charge in [0.1, 0.15) is 0 Å². The zero-order chi connectivity index (χ0) is 10.4. The number of ether oxygens (including phenoxy) is 2. The Morgan fingerprint density at radius 1 is 1.14 bits per heavy atom. The van der Waals surface area contributed by atoms with Gasteiger partial charge < -0.3 is 14.4 Å². The van der Waals surface area contributed by atoms with Crippen LogP contribution >= 0.6 is 0 Å². The lowest BCUT2D eigenvalue weighted by Gasteiger charge is -2.33. The van der Waals surface area contributed by atoms with E-state index in [1.54, 1.807) is 0 Å². The number of hydrogen-bond acceptors (Lipinski definition) is 3. The first-order valence-corrected chi connectivity index (χ1v) is 5.69. The van der Waals surface area contributed by atoms with E-state index in [-0.39, 0.29) is 6.29 Å². The Balaban J connectivity index is 2.34. The summed E-state index contributed by atoms with van der Waals surface area (Å²) in [5.74, 6) is 0.589. The Hall–Kier alpha value is -0.120. The summed E-state index contributed by atoms with van der Waals surface area (Å²) in [6, 6.07) is 0. The van der Waals surface area contributed by atoms with Gasteiger partial charge in [0, 0.05) is 19.1 Å². The molecule has 3 heteroatoms. The largest absolute Gasteiger partial charge is 0.353 e. The molecule has 1 saturated heterocycles. The second-order valence-corrected chi connectivity index (χ2v) is 3.92. The van der Waals surface area contributed by atoms with E-state index in [1.165, 1.54) is 25.9 Å². The van der Waals surface area contributed by atoms with Gasteiger partial charge in [0.2, 0.25) is 0 Å². The van der Waals surface area contributed by atoms with Crippen molar-refractivity contribution in [2.45, 2.75) is 33.0 Å². The van der Waals surface area contributed by atoms with Crippen LogP contribution in [-0.4, -0.2) is 44.5 Å². The van der Waals surface area contributed by atoms with Gasteiger partial charge in [-0.25, -0.2) is 0 Å². The van der Waals surface area contributed by atoms with E-state index >= 15 is 0 Å². The highest BCUT2D eigenvalue weighted by Gasteiger charge is 2.25. The fourth-order valence-electron chi connectivity index (χ4n) is 1.95. The first-order chi connectivity index (χ1) is 6.77. The van der Waals surface area contributed by atoms with Gasteiger partial charge in [0.15, 0.2) is 6.29 Å². The maximum absolute atomic E-state index is 5.62. The van der Waals surface area contributed by atoms with Crippen molar-refractivity contribution >= 4 is 0 Å². The normalized spacial score (nSPS) is 20.6. The Bertz CT molecular complexity index is 138. The summed E-state index contributed by atoms with van der Waals surface area (Å²) in [4.78, 5) is 2.37. The van der Waals surface area contributed by atoms with Crippen molar-refractivity contribution < 1.29 is 9.47 Å². The fourth-order valence-corrected chi connectivity index (χ4v) is 1.95. The van der Waals surface area contributed by atoms with Crippen molar-refractivity contribution in [1.82, 2.24) is 4.90 Å². The van der Waals surface area contributed by atoms with Crippen LogP contribution in [0.1, 0.15) is 26.7 Å². The lowest BCUT2D eigenvalue weighted by molar-refractivity contribution is -0.174. The van der Waals surface area contributed by atoms with Gasteiger partial charge in [-0.2, -0.15) is 0 Å². The molecule has 0 aromatic heterocycles. The molecule has 0 saturated carbocycles. The highest BCUT2D eigenvalue weighted by Crippen LogP contribution is 2.22. The number of hydrogen-bond donors (Lipinski definition) is 0. The first-order valence-electron chi connectivity index (χ1n) is 5.69. The summed E-state index contributed by atoms with van der Waals surface area (Å²) >= 11 is 0. The number of piperidine rings is 1. The highest BCUT2D eigenvalue weighted by atomic mass is 16.7. The number of likely N-dealkylation sites (tertiary alicyclic amines) is 1. The highest BCUT2D eigenvalue weighted by molar-refractivity contribution is 4.72. The standard InChI is InChI=1S/C11H23NO2/c1-4-13-11(14-5-2)10-6-8-12(3)9-7-10/h10-11H,4-9H2,1-3H3. The summed E-state index contributed by atoms with van der Waals surface area (Å²) in [6.45, 7) is 7.89. The third-order valence-electron chi connectivity index (χ3n) is 2.81. The monoisotopic (exact) mass is 201 g/mol. The molecule has 0 bridgehead atoms. The number of rotatable bonds is 5. The molecule has 0 aromatic rings. The average molecular weight is 201 g/mol. The van der Waals surface area contributed by atoms with Crippen molar-refractivity contribution in [3.05, 3.63) is 0 Å². The maximum atomic E-state index is 5.62. The summed E-state index contributed by atoms with van der Waals surface area (Å²) in [7, 11) is 2.17. The van der Waals surface area contributed by atoms with E-state index in [1.807, 2.05) is 13.8 Å². The summed E-state index contributed by atoms with van der Waals surface area (Å²) in [5, 5.41) is 0. The van der Waals surface area contributed by atoms with Crippen molar-refractivity contribution in [2.24, 2.45) is 5.92 Å². The van der Waals surface area contributed by atoms with E-state index in [4.69, 9.17) is 9.47 Å². The minimum atomic E-state index is 0.0266. The molecule has 0 aromatic carbocycles. The van der Waals surface area contributed by atoms with Crippen molar-refractivity contribution in [3.63, 3.8) is 0 Å². The second kappa shape index (κ2) is 6.38. The number of nitrogens with zero attached hydrogens (tertiary/aromatic N) is 1. The van der Waals surface area contributed by atoms with E-state index in [0.717, 1.165) is 13.2 Å². The van der Waals surface area contributed by atoms with Crippen LogP contribution < -0.4 is 0 Å². The molecule has 1 aliphatic rings. The van der Waals surface area contributed by atoms with Crippen molar-refractivity contribution in [2.75, 3.05) is 33.4 Å². The first kappa shape index (κ1) is 12.0. The summed E-state index contributed by atoms with van der Waals surface area (Å²) in [5.41, 5.74) is 0. The van der Waals surface area contributed by atoms with Crippen LogP contribution in [-0.2, 0) is 9.47 Å². The minimum Gasteiger partial charge on any atom is -0.353 e. The Morgan fingerprint density at radius 2 is 1.64 bits per heavy atom. The SMILES string of the molecule is CCOC(OCC)C1CCN(C)CC1. The predicted molar refractivity (Wildman–Crippen MR) is 57.3 cm³/mol. The molecule has 0 aliphatic carbocycles. The third-order valence-corrected chi connectivity index (χ3v) is 2.81. The van der Waals surface area contributed by atoms with Gasteiger partial charge in [-0.15, -0.1) is 0 Å². The quantitative estimate of drug-likeness (QED) is 0.632. The molecule has 0 N–H and O–H groups in total. The van der Waals surface area contributed by atoms with Gasteiger partial charge in [0.05, 0.1) is 0 Å². The van der Waals surface area contributed by atoms with Gasteiger partial charge in [-0.05, 0) is 46.8 Å².